The number of aliphatic carboxylic acids is 1. The molecule has 1 aromatic carbocycles. The van der Waals surface area contributed by atoms with Gasteiger partial charge in [0.25, 0.3) is 5.78 Å². The Bertz CT molecular complexity index is 440. The number of rotatable bonds is 3. The van der Waals surface area contributed by atoms with Gasteiger partial charge < -0.3 is 5.11 Å². The molecule has 5 heteroatoms. The molecular formula is C10H6BrClO3. The van der Waals surface area contributed by atoms with Crippen molar-refractivity contribution in [1.29, 1.82) is 0 Å². The summed E-state index contributed by atoms with van der Waals surface area (Å²) in [4.78, 5) is 21.0. The summed E-state index contributed by atoms with van der Waals surface area (Å²) in [6.45, 7) is 0. The third-order valence-corrected chi connectivity index (χ3v) is 2.42. The zero-order valence-corrected chi connectivity index (χ0v) is 9.75. The molecule has 0 radical (unpaired) electrons. The Balaban J connectivity index is 2.94. The maximum Gasteiger partial charge on any atom is 0.376 e. The second kappa shape index (κ2) is 5.09. The number of carboxylic acids is 1. The minimum Gasteiger partial charge on any atom is -0.475 e. The molecule has 0 saturated heterocycles. The van der Waals surface area contributed by atoms with Gasteiger partial charge in [-0.1, -0.05) is 27.5 Å². The van der Waals surface area contributed by atoms with E-state index in [1.54, 1.807) is 18.2 Å². The Kier molecular flexibility index (Phi) is 4.05. The summed E-state index contributed by atoms with van der Waals surface area (Å²) in [7, 11) is 0. The van der Waals surface area contributed by atoms with Crippen molar-refractivity contribution >= 4 is 45.4 Å². The number of carboxylic acid groups (broad SMARTS) is 1. The molecule has 0 aliphatic carbocycles. The quantitative estimate of drug-likeness (QED) is 0.687. The lowest BCUT2D eigenvalue weighted by Crippen LogP contribution is -2.08. The van der Waals surface area contributed by atoms with Crippen LogP contribution in [0.3, 0.4) is 0 Å². The molecule has 0 aliphatic rings. The minimum absolute atomic E-state index is 0.452. The van der Waals surface area contributed by atoms with Crippen LogP contribution in [0, 0.1) is 0 Å². The molecule has 0 aromatic heterocycles. The molecule has 0 spiro atoms. The molecule has 0 amide bonds. The average Bonchev–Trinajstić information content (AvgIpc) is 2.18. The van der Waals surface area contributed by atoms with Gasteiger partial charge in [-0.15, -0.1) is 0 Å². The Morgan fingerprint density at radius 3 is 2.67 bits per heavy atom. The van der Waals surface area contributed by atoms with E-state index in [4.69, 9.17) is 16.7 Å². The molecule has 1 N–H and O–H groups in total. The highest BCUT2D eigenvalue weighted by Crippen LogP contribution is 2.21. The van der Waals surface area contributed by atoms with E-state index in [1.807, 2.05) is 0 Å². The molecule has 0 bridgehead atoms. The lowest BCUT2D eigenvalue weighted by atomic mass is 10.2. The number of carbonyl (C=O) groups is 2. The summed E-state index contributed by atoms with van der Waals surface area (Å²) in [5.41, 5.74) is 0.584. The van der Waals surface area contributed by atoms with Crippen LogP contribution in [0.1, 0.15) is 5.56 Å². The van der Waals surface area contributed by atoms with Crippen molar-refractivity contribution < 1.29 is 14.7 Å². The number of benzene rings is 1. The second-order valence-electron chi connectivity index (χ2n) is 2.67. The van der Waals surface area contributed by atoms with Gasteiger partial charge in [0.2, 0.25) is 0 Å². The molecule has 78 valence electrons. The number of ketones is 1. The van der Waals surface area contributed by atoms with Crippen LogP contribution in [0.2, 0.25) is 5.02 Å². The van der Waals surface area contributed by atoms with E-state index in [0.29, 0.717) is 10.6 Å². The smallest absolute Gasteiger partial charge is 0.376 e. The maximum atomic E-state index is 10.8. The van der Waals surface area contributed by atoms with Gasteiger partial charge in [-0.25, -0.2) is 4.79 Å². The van der Waals surface area contributed by atoms with Crippen LogP contribution >= 0.6 is 27.5 Å². The summed E-state index contributed by atoms with van der Waals surface area (Å²) in [5.74, 6) is -2.47. The number of hydrogen-bond acceptors (Lipinski definition) is 2. The van der Waals surface area contributed by atoms with E-state index in [0.717, 1.165) is 10.5 Å². The fourth-order valence-electron chi connectivity index (χ4n) is 0.879. The van der Waals surface area contributed by atoms with Crippen LogP contribution in [0.25, 0.3) is 6.08 Å². The Hall–Kier alpha value is -1.13. The molecule has 15 heavy (non-hydrogen) atoms. The first-order valence-electron chi connectivity index (χ1n) is 3.91. The van der Waals surface area contributed by atoms with Gasteiger partial charge in [0.15, 0.2) is 0 Å². The van der Waals surface area contributed by atoms with Crippen molar-refractivity contribution in [2.75, 3.05) is 0 Å². The number of halogens is 2. The van der Waals surface area contributed by atoms with Crippen molar-refractivity contribution in [1.82, 2.24) is 0 Å². The first-order valence-corrected chi connectivity index (χ1v) is 5.08. The van der Waals surface area contributed by atoms with E-state index in [-0.39, 0.29) is 0 Å². The largest absolute Gasteiger partial charge is 0.475 e. The van der Waals surface area contributed by atoms with E-state index in [2.05, 4.69) is 15.9 Å². The molecular weight excluding hydrogens is 283 g/mol. The van der Waals surface area contributed by atoms with Gasteiger partial charge in [-0.2, -0.15) is 0 Å². The zero-order valence-electron chi connectivity index (χ0n) is 7.41. The first kappa shape index (κ1) is 11.9. The van der Waals surface area contributed by atoms with Gasteiger partial charge in [-0.3, -0.25) is 4.79 Å². The Morgan fingerprint density at radius 2 is 2.07 bits per heavy atom. The second-order valence-corrected chi connectivity index (χ2v) is 3.99. The highest BCUT2D eigenvalue weighted by molar-refractivity contribution is 9.10. The van der Waals surface area contributed by atoms with Crippen molar-refractivity contribution in [3.05, 3.63) is 39.3 Å². The molecule has 0 aliphatic heterocycles. The van der Waals surface area contributed by atoms with Crippen LogP contribution in [-0.4, -0.2) is 16.9 Å². The van der Waals surface area contributed by atoms with E-state index >= 15 is 0 Å². The maximum absolute atomic E-state index is 10.8. The molecule has 0 fully saturated rings. The summed E-state index contributed by atoms with van der Waals surface area (Å²) < 4.78 is 0.800. The fraction of sp³-hybridized carbons (Fsp3) is 0. The van der Waals surface area contributed by atoms with Crippen LogP contribution in [-0.2, 0) is 9.59 Å². The number of hydrogen-bond donors (Lipinski definition) is 1. The van der Waals surface area contributed by atoms with Crippen LogP contribution < -0.4 is 0 Å². The van der Waals surface area contributed by atoms with Crippen LogP contribution in [0.5, 0.6) is 0 Å². The molecule has 0 unspecified atom stereocenters. The number of carbonyl (C=O) groups excluding carboxylic acids is 1. The van der Waals surface area contributed by atoms with E-state index in [1.165, 1.54) is 6.08 Å². The molecule has 0 heterocycles. The SMILES string of the molecule is O=C(O)C(=O)/C=C/c1cc(Br)ccc1Cl. The third-order valence-electron chi connectivity index (χ3n) is 1.58. The lowest BCUT2D eigenvalue weighted by molar-refractivity contribution is -0.146. The summed E-state index contributed by atoms with van der Waals surface area (Å²) in [6.07, 6.45) is 2.33. The van der Waals surface area contributed by atoms with Crippen molar-refractivity contribution in [3.63, 3.8) is 0 Å². The fourth-order valence-corrected chi connectivity index (χ4v) is 1.44. The van der Waals surface area contributed by atoms with Crippen LogP contribution in [0.15, 0.2) is 28.7 Å². The minimum atomic E-state index is -1.49. The summed E-state index contributed by atoms with van der Waals surface area (Å²) in [6, 6.07) is 5.09. The third kappa shape index (κ3) is 3.49. The van der Waals surface area contributed by atoms with Crippen molar-refractivity contribution in [3.8, 4) is 0 Å². The Morgan fingerprint density at radius 1 is 1.40 bits per heavy atom. The molecule has 0 atom stereocenters. The molecule has 3 nitrogen and oxygen atoms in total. The van der Waals surface area contributed by atoms with Gasteiger partial charge in [0, 0.05) is 9.50 Å². The summed E-state index contributed by atoms with van der Waals surface area (Å²) in [5, 5.41) is 8.79. The topological polar surface area (TPSA) is 54.4 Å². The van der Waals surface area contributed by atoms with Crippen LogP contribution in [0.4, 0.5) is 0 Å². The van der Waals surface area contributed by atoms with E-state index < -0.39 is 11.8 Å². The van der Waals surface area contributed by atoms with Gasteiger partial charge in [0.1, 0.15) is 0 Å². The van der Waals surface area contributed by atoms with Crippen molar-refractivity contribution in [2.24, 2.45) is 0 Å². The van der Waals surface area contributed by atoms with E-state index in [9.17, 15) is 9.59 Å². The Labute approximate surface area is 99.5 Å². The zero-order chi connectivity index (χ0) is 11.4. The molecule has 1 aromatic rings. The van der Waals surface area contributed by atoms with Crippen molar-refractivity contribution in [2.45, 2.75) is 0 Å². The predicted octanol–water partition coefficient (Wildman–Crippen LogP) is 2.77. The monoisotopic (exact) mass is 288 g/mol. The average molecular weight is 290 g/mol. The lowest BCUT2D eigenvalue weighted by Gasteiger charge is -1.97. The predicted molar refractivity (Wildman–Crippen MR) is 60.8 cm³/mol. The van der Waals surface area contributed by atoms with Gasteiger partial charge in [-0.05, 0) is 35.9 Å². The standard InChI is InChI=1S/C10H6BrClO3/c11-7-2-3-8(12)6(5-7)1-4-9(13)10(14)15/h1-5H,(H,14,15)/b4-1+. The summed E-state index contributed by atoms with van der Waals surface area (Å²) >= 11 is 9.07. The van der Waals surface area contributed by atoms with Gasteiger partial charge in [0.05, 0.1) is 0 Å². The normalized spacial score (nSPS) is 10.5. The molecule has 0 saturated carbocycles. The molecule has 1 rings (SSSR count). The van der Waals surface area contributed by atoms with Gasteiger partial charge >= 0.3 is 5.97 Å². The highest BCUT2D eigenvalue weighted by Gasteiger charge is 2.06. The highest BCUT2D eigenvalue weighted by atomic mass is 79.9. The first-order chi connectivity index (χ1) is 7.00.